The van der Waals surface area contributed by atoms with Crippen LogP contribution in [0.2, 0.25) is 0 Å². The highest BCUT2D eigenvalue weighted by atomic mass is 16.3. The highest BCUT2D eigenvalue weighted by Crippen LogP contribution is 2.18. The van der Waals surface area contributed by atoms with Gasteiger partial charge >= 0.3 is 0 Å². The van der Waals surface area contributed by atoms with Crippen LogP contribution in [-0.2, 0) is 4.79 Å². The number of nitrogens with one attached hydrogen (secondary N) is 1. The molecule has 0 bridgehead atoms. The minimum atomic E-state index is -0.663. The highest BCUT2D eigenvalue weighted by molar-refractivity contribution is 5.76. The van der Waals surface area contributed by atoms with E-state index in [4.69, 9.17) is 0 Å². The summed E-state index contributed by atoms with van der Waals surface area (Å²) >= 11 is 0. The Labute approximate surface area is 394 Å². The van der Waals surface area contributed by atoms with Crippen LogP contribution in [0.4, 0.5) is 0 Å². The Bertz CT molecular complexity index is 1000. The van der Waals surface area contributed by atoms with Gasteiger partial charge in [-0.05, 0) is 51.4 Å². The Kier molecular flexibility index (Phi) is 53.3. The van der Waals surface area contributed by atoms with Crippen LogP contribution >= 0.6 is 0 Å². The Morgan fingerprint density at radius 3 is 1.05 bits per heavy atom. The molecule has 4 nitrogen and oxygen atoms in total. The maximum atomic E-state index is 12.5. The molecular weight excluding hydrogens is 771 g/mol. The fourth-order valence-corrected chi connectivity index (χ4v) is 8.83. The van der Waals surface area contributed by atoms with Crippen molar-refractivity contribution < 1.29 is 15.0 Å². The molecule has 0 aromatic rings. The van der Waals surface area contributed by atoms with Crippen molar-refractivity contribution in [2.75, 3.05) is 6.61 Å². The lowest BCUT2D eigenvalue weighted by atomic mass is 10.0. The van der Waals surface area contributed by atoms with Crippen LogP contribution in [-0.4, -0.2) is 34.9 Å². The first-order valence-electron chi connectivity index (χ1n) is 28.3. The molecule has 0 spiro atoms. The normalized spacial score (nSPS) is 13.1. The van der Waals surface area contributed by atoms with Gasteiger partial charge in [0.05, 0.1) is 18.8 Å². The van der Waals surface area contributed by atoms with Gasteiger partial charge in [0.25, 0.3) is 0 Å². The van der Waals surface area contributed by atoms with E-state index in [0.29, 0.717) is 12.8 Å². The summed E-state index contributed by atoms with van der Waals surface area (Å²) in [7, 11) is 0. The number of hydrogen-bond donors (Lipinski definition) is 3. The average Bonchev–Trinajstić information content (AvgIpc) is 3.29. The van der Waals surface area contributed by atoms with Crippen LogP contribution in [0.25, 0.3) is 0 Å². The minimum Gasteiger partial charge on any atom is -0.394 e. The van der Waals surface area contributed by atoms with E-state index >= 15 is 0 Å². The van der Waals surface area contributed by atoms with Crippen molar-refractivity contribution in [2.24, 2.45) is 0 Å². The second-order valence-electron chi connectivity index (χ2n) is 19.3. The Morgan fingerprint density at radius 2 is 0.698 bits per heavy atom. The molecule has 0 aromatic heterocycles. The molecule has 1 amide bonds. The molecule has 2 atom stereocenters. The topological polar surface area (TPSA) is 69.6 Å². The Hall–Kier alpha value is -1.65. The lowest BCUT2D eigenvalue weighted by Crippen LogP contribution is -2.45. The first-order valence-corrected chi connectivity index (χ1v) is 28.3. The summed E-state index contributed by atoms with van der Waals surface area (Å²) in [6.45, 7) is 4.27. The molecule has 2 unspecified atom stereocenters. The zero-order valence-electron chi connectivity index (χ0n) is 42.6. The monoisotopic (exact) mass is 882 g/mol. The summed E-state index contributed by atoms with van der Waals surface area (Å²) in [5.41, 5.74) is 0. The van der Waals surface area contributed by atoms with E-state index in [9.17, 15) is 15.0 Å². The van der Waals surface area contributed by atoms with Crippen LogP contribution in [0.5, 0.6) is 0 Å². The molecule has 0 saturated carbocycles. The molecule has 0 aliphatic rings. The highest BCUT2D eigenvalue weighted by Gasteiger charge is 2.20. The Balaban J connectivity index is 3.45. The molecular formula is C59H111NO3. The van der Waals surface area contributed by atoms with Crippen molar-refractivity contribution in [1.29, 1.82) is 0 Å². The number of aliphatic hydroxyl groups excluding tert-OH is 2. The smallest absolute Gasteiger partial charge is 0.220 e. The van der Waals surface area contributed by atoms with E-state index in [0.717, 1.165) is 51.4 Å². The third kappa shape index (κ3) is 51.2. The van der Waals surface area contributed by atoms with E-state index in [1.54, 1.807) is 0 Å². The van der Waals surface area contributed by atoms with Crippen molar-refractivity contribution >= 4 is 5.91 Å². The van der Waals surface area contributed by atoms with Crippen LogP contribution < -0.4 is 5.32 Å². The van der Waals surface area contributed by atoms with Crippen molar-refractivity contribution in [1.82, 2.24) is 5.32 Å². The fourth-order valence-electron chi connectivity index (χ4n) is 8.83. The summed E-state index contributed by atoms with van der Waals surface area (Å²) in [6.07, 6.45) is 75.3. The molecule has 0 heterocycles. The molecule has 0 rings (SSSR count). The van der Waals surface area contributed by atoms with Gasteiger partial charge < -0.3 is 15.5 Å². The molecule has 0 fully saturated rings. The van der Waals surface area contributed by atoms with Gasteiger partial charge in [0.15, 0.2) is 0 Å². The van der Waals surface area contributed by atoms with E-state index in [2.05, 4.69) is 67.8 Å². The number of allylic oxidation sites excluding steroid dienone is 8. The van der Waals surface area contributed by atoms with E-state index in [1.807, 2.05) is 0 Å². The van der Waals surface area contributed by atoms with Crippen molar-refractivity contribution in [3.8, 4) is 0 Å². The fraction of sp³-hybridized carbons (Fsp3) is 0.847. The number of carbonyl (C=O) groups excluding carboxylic acids is 1. The third-order valence-electron chi connectivity index (χ3n) is 13.1. The van der Waals surface area contributed by atoms with Gasteiger partial charge in [-0.2, -0.15) is 0 Å². The quantitative estimate of drug-likeness (QED) is 0.0421. The predicted octanol–water partition coefficient (Wildman–Crippen LogP) is 18.6. The summed E-state index contributed by atoms with van der Waals surface area (Å²) < 4.78 is 0. The molecule has 0 saturated heterocycles. The standard InChI is InChI=1S/C59H111NO3/c1-3-5-7-9-11-13-15-17-19-21-23-25-27-29-31-32-34-36-38-40-42-44-46-48-50-52-54-58(62)57(56-61)60-59(63)55-53-51-49-47-45-43-41-39-37-35-33-30-28-26-24-22-20-18-16-14-12-10-8-6-4-2/h6,8,12,14,18,20,24,26,57-58,61-62H,3-5,7,9-11,13,15-17,19,21-23,25,27-56H2,1-2H3,(H,60,63)/b8-6-,14-12-,20-18-,26-24-. The molecule has 0 aromatic carbocycles. The molecule has 0 aliphatic heterocycles. The van der Waals surface area contributed by atoms with Crippen LogP contribution in [0.15, 0.2) is 48.6 Å². The second kappa shape index (κ2) is 54.7. The first-order chi connectivity index (χ1) is 31.2. The van der Waals surface area contributed by atoms with Crippen LogP contribution in [0.3, 0.4) is 0 Å². The van der Waals surface area contributed by atoms with Crippen molar-refractivity contribution in [3.05, 3.63) is 48.6 Å². The minimum absolute atomic E-state index is 0.0309. The molecule has 63 heavy (non-hydrogen) atoms. The molecule has 0 radical (unpaired) electrons. The molecule has 4 heteroatoms. The summed E-state index contributed by atoms with van der Waals surface area (Å²) in [5, 5.41) is 23.4. The van der Waals surface area contributed by atoms with Crippen LogP contribution in [0, 0.1) is 0 Å². The number of carbonyl (C=O) groups is 1. The maximum absolute atomic E-state index is 12.5. The van der Waals surface area contributed by atoms with Crippen molar-refractivity contribution in [3.63, 3.8) is 0 Å². The maximum Gasteiger partial charge on any atom is 0.220 e. The number of rotatable bonds is 52. The summed E-state index contributed by atoms with van der Waals surface area (Å²) in [4.78, 5) is 12.5. The van der Waals surface area contributed by atoms with Gasteiger partial charge in [-0.1, -0.05) is 294 Å². The predicted molar refractivity (Wildman–Crippen MR) is 281 cm³/mol. The lowest BCUT2D eigenvalue weighted by molar-refractivity contribution is -0.123. The zero-order valence-corrected chi connectivity index (χ0v) is 42.6. The molecule has 3 N–H and O–H groups in total. The van der Waals surface area contributed by atoms with E-state index < -0.39 is 12.1 Å². The Morgan fingerprint density at radius 1 is 0.397 bits per heavy atom. The number of amides is 1. The average molecular weight is 883 g/mol. The van der Waals surface area contributed by atoms with Crippen molar-refractivity contribution in [2.45, 2.75) is 315 Å². The largest absolute Gasteiger partial charge is 0.394 e. The molecule has 0 aliphatic carbocycles. The SMILES string of the molecule is CC/C=C\C/C=C\C/C=C\C/C=C\CCCCCCCCCCCCCCC(=O)NC(CO)C(O)CCCCCCCCCCCCCCCCCCCCCCCCCCCC. The van der Waals surface area contributed by atoms with Gasteiger partial charge in [0.2, 0.25) is 5.91 Å². The van der Waals surface area contributed by atoms with Gasteiger partial charge in [0.1, 0.15) is 0 Å². The molecule has 370 valence electrons. The second-order valence-corrected chi connectivity index (χ2v) is 19.3. The lowest BCUT2D eigenvalue weighted by Gasteiger charge is -2.22. The van der Waals surface area contributed by atoms with Gasteiger partial charge in [-0.25, -0.2) is 0 Å². The van der Waals surface area contributed by atoms with Gasteiger partial charge in [0, 0.05) is 6.42 Å². The zero-order chi connectivity index (χ0) is 45.6. The summed E-state index contributed by atoms with van der Waals surface area (Å²) in [5.74, 6) is -0.0309. The van der Waals surface area contributed by atoms with Gasteiger partial charge in [-0.15, -0.1) is 0 Å². The number of aliphatic hydroxyl groups is 2. The third-order valence-corrected chi connectivity index (χ3v) is 13.1. The summed E-state index contributed by atoms with van der Waals surface area (Å²) in [6, 6.07) is -0.540. The van der Waals surface area contributed by atoms with E-state index in [1.165, 1.54) is 225 Å². The van der Waals surface area contributed by atoms with E-state index in [-0.39, 0.29) is 12.5 Å². The van der Waals surface area contributed by atoms with Crippen LogP contribution in [0.1, 0.15) is 303 Å². The van der Waals surface area contributed by atoms with Gasteiger partial charge in [-0.3, -0.25) is 4.79 Å². The first kappa shape index (κ1) is 61.4. The number of hydrogen-bond acceptors (Lipinski definition) is 3. The number of unbranched alkanes of at least 4 members (excludes halogenated alkanes) is 37.